The molecular weight excluding hydrogens is 220 g/mol. The molecule has 1 aromatic carbocycles. The Balaban J connectivity index is 1.89. The fourth-order valence-corrected chi connectivity index (χ4v) is 1.64. The molecule has 2 rings (SSSR count). The second kappa shape index (κ2) is 5.29. The lowest BCUT2D eigenvalue weighted by Gasteiger charge is -2.11. The highest BCUT2D eigenvalue weighted by atomic mass is 16.7. The molecule has 2 atom stereocenters. The molecule has 0 amide bonds. The van der Waals surface area contributed by atoms with Crippen molar-refractivity contribution in [3.8, 4) is 0 Å². The first-order valence-electron chi connectivity index (χ1n) is 5.62. The van der Waals surface area contributed by atoms with Crippen LogP contribution < -0.4 is 0 Å². The van der Waals surface area contributed by atoms with Gasteiger partial charge in [-0.1, -0.05) is 29.8 Å². The Morgan fingerprint density at radius 3 is 2.76 bits per heavy atom. The van der Waals surface area contributed by atoms with Crippen molar-refractivity contribution in [1.82, 2.24) is 0 Å². The van der Waals surface area contributed by atoms with E-state index >= 15 is 0 Å². The first-order valence-corrected chi connectivity index (χ1v) is 5.62. The summed E-state index contributed by atoms with van der Waals surface area (Å²) in [6.07, 6.45) is -0.527. The van der Waals surface area contributed by atoms with Crippen molar-refractivity contribution in [2.75, 3.05) is 13.2 Å². The zero-order valence-electron chi connectivity index (χ0n) is 10.0. The average Bonchev–Trinajstić information content (AvgIpc) is 2.76. The van der Waals surface area contributed by atoms with Crippen LogP contribution in [-0.2, 0) is 19.0 Å². The molecule has 0 unspecified atom stereocenters. The number of benzene rings is 1. The van der Waals surface area contributed by atoms with Crippen LogP contribution in [0.1, 0.15) is 24.3 Å². The third-order valence-electron chi connectivity index (χ3n) is 2.57. The quantitative estimate of drug-likeness (QED) is 0.753. The molecule has 1 saturated heterocycles. The lowest BCUT2D eigenvalue weighted by Crippen LogP contribution is -2.19. The molecule has 0 bridgehead atoms. The first kappa shape index (κ1) is 12.1. The summed E-state index contributed by atoms with van der Waals surface area (Å²) >= 11 is 0. The Labute approximate surface area is 100 Å². The van der Waals surface area contributed by atoms with Gasteiger partial charge in [0.1, 0.15) is 12.7 Å². The Morgan fingerprint density at radius 2 is 2.12 bits per heavy atom. The fraction of sp³-hybridized carbons (Fsp3) is 0.462. The minimum Gasteiger partial charge on any atom is -0.463 e. The third-order valence-corrected chi connectivity index (χ3v) is 2.57. The Kier molecular flexibility index (Phi) is 3.76. The average molecular weight is 236 g/mol. The van der Waals surface area contributed by atoms with E-state index in [1.54, 1.807) is 0 Å². The minimum absolute atomic E-state index is 0.176. The standard InChI is InChI=1S/C13H16O4/c1-9-3-5-11(6-4-9)13-16-8-12(17-13)7-15-10(2)14/h3-6,12-13H,7-8H2,1-2H3/t12-,13+/m1/s1. The maximum Gasteiger partial charge on any atom is 0.302 e. The minimum atomic E-state index is -0.351. The van der Waals surface area contributed by atoms with E-state index in [2.05, 4.69) is 0 Å². The van der Waals surface area contributed by atoms with Crippen LogP contribution >= 0.6 is 0 Å². The highest BCUT2D eigenvalue weighted by Gasteiger charge is 2.27. The summed E-state index contributed by atoms with van der Waals surface area (Å²) in [5.41, 5.74) is 2.18. The Morgan fingerprint density at radius 1 is 1.41 bits per heavy atom. The lowest BCUT2D eigenvalue weighted by molar-refractivity contribution is -0.145. The molecule has 0 spiro atoms. The molecule has 1 aromatic rings. The summed E-state index contributed by atoms with van der Waals surface area (Å²) in [5, 5.41) is 0. The molecule has 1 fully saturated rings. The van der Waals surface area contributed by atoms with Crippen molar-refractivity contribution < 1.29 is 19.0 Å². The van der Waals surface area contributed by atoms with Crippen LogP contribution in [0.15, 0.2) is 24.3 Å². The maximum atomic E-state index is 10.7. The van der Waals surface area contributed by atoms with Gasteiger partial charge in [-0.15, -0.1) is 0 Å². The van der Waals surface area contributed by atoms with Crippen LogP contribution in [0.25, 0.3) is 0 Å². The van der Waals surface area contributed by atoms with Crippen LogP contribution in [0.4, 0.5) is 0 Å². The number of carbonyl (C=O) groups excluding carboxylic acids is 1. The number of carbonyl (C=O) groups is 1. The highest BCUT2D eigenvalue weighted by Crippen LogP contribution is 2.27. The molecule has 1 aliphatic heterocycles. The Hall–Kier alpha value is -1.39. The molecule has 0 aliphatic carbocycles. The molecule has 0 saturated carbocycles. The third kappa shape index (κ3) is 3.28. The van der Waals surface area contributed by atoms with Crippen molar-refractivity contribution in [3.05, 3.63) is 35.4 Å². The molecule has 0 N–H and O–H groups in total. The summed E-state index contributed by atoms with van der Waals surface area (Å²) < 4.78 is 16.0. The lowest BCUT2D eigenvalue weighted by atomic mass is 10.1. The fourth-order valence-electron chi connectivity index (χ4n) is 1.64. The predicted molar refractivity (Wildman–Crippen MR) is 61.4 cm³/mol. The smallest absolute Gasteiger partial charge is 0.302 e. The van der Waals surface area contributed by atoms with E-state index < -0.39 is 0 Å². The molecule has 17 heavy (non-hydrogen) atoms. The first-order chi connectivity index (χ1) is 8.15. The van der Waals surface area contributed by atoms with E-state index in [0.717, 1.165) is 5.56 Å². The van der Waals surface area contributed by atoms with Gasteiger partial charge < -0.3 is 14.2 Å². The summed E-state index contributed by atoms with van der Waals surface area (Å²) in [4.78, 5) is 10.7. The molecule has 92 valence electrons. The molecule has 1 aliphatic rings. The molecular formula is C13H16O4. The largest absolute Gasteiger partial charge is 0.463 e. The number of rotatable bonds is 3. The normalized spacial score (nSPS) is 23.6. The van der Waals surface area contributed by atoms with Gasteiger partial charge >= 0.3 is 5.97 Å². The zero-order valence-corrected chi connectivity index (χ0v) is 10.0. The van der Waals surface area contributed by atoms with Gasteiger partial charge in [0.05, 0.1) is 6.61 Å². The Bertz CT molecular complexity index is 385. The van der Waals surface area contributed by atoms with Crippen LogP contribution in [0.3, 0.4) is 0 Å². The topological polar surface area (TPSA) is 44.8 Å². The molecule has 0 aromatic heterocycles. The molecule has 1 heterocycles. The van der Waals surface area contributed by atoms with Gasteiger partial charge in [0.15, 0.2) is 6.29 Å². The van der Waals surface area contributed by atoms with E-state index in [0.29, 0.717) is 6.61 Å². The second-order valence-electron chi connectivity index (χ2n) is 4.14. The van der Waals surface area contributed by atoms with Crippen LogP contribution in [0.2, 0.25) is 0 Å². The van der Waals surface area contributed by atoms with Crippen LogP contribution in [-0.4, -0.2) is 25.3 Å². The van der Waals surface area contributed by atoms with E-state index in [4.69, 9.17) is 14.2 Å². The number of esters is 1. The van der Waals surface area contributed by atoms with Crippen molar-refractivity contribution in [2.45, 2.75) is 26.2 Å². The van der Waals surface area contributed by atoms with E-state index in [-0.39, 0.29) is 25.0 Å². The SMILES string of the molecule is CC(=O)OC[C@@H]1CO[C@H](c2ccc(C)cc2)O1. The van der Waals surface area contributed by atoms with Gasteiger partial charge in [0.2, 0.25) is 0 Å². The number of hydrogen-bond donors (Lipinski definition) is 0. The molecule has 4 heteroatoms. The van der Waals surface area contributed by atoms with E-state index in [9.17, 15) is 4.79 Å². The summed E-state index contributed by atoms with van der Waals surface area (Å²) in [7, 11) is 0. The van der Waals surface area contributed by atoms with Gasteiger partial charge in [-0.25, -0.2) is 0 Å². The van der Waals surface area contributed by atoms with Gasteiger partial charge in [0.25, 0.3) is 0 Å². The van der Waals surface area contributed by atoms with Gasteiger partial charge in [-0.2, -0.15) is 0 Å². The monoisotopic (exact) mass is 236 g/mol. The summed E-state index contributed by atoms with van der Waals surface area (Å²) in [5.74, 6) is -0.299. The molecule has 0 radical (unpaired) electrons. The summed E-state index contributed by atoms with van der Waals surface area (Å²) in [6, 6.07) is 7.99. The van der Waals surface area contributed by atoms with Crippen molar-refractivity contribution in [3.63, 3.8) is 0 Å². The second-order valence-corrected chi connectivity index (χ2v) is 4.14. The number of aryl methyl sites for hydroxylation is 1. The van der Waals surface area contributed by atoms with Crippen LogP contribution in [0.5, 0.6) is 0 Å². The van der Waals surface area contributed by atoms with Crippen molar-refractivity contribution in [2.24, 2.45) is 0 Å². The predicted octanol–water partition coefficient (Wildman–Crippen LogP) is 1.97. The zero-order chi connectivity index (χ0) is 12.3. The highest BCUT2D eigenvalue weighted by molar-refractivity contribution is 5.65. The van der Waals surface area contributed by atoms with Crippen molar-refractivity contribution >= 4 is 5.97 Å². The van der Waals surface area contributed by atoms with Gasteiger partial charge in [-0.3, -0.25) is 4.79 Å². The molecule has 4 nitrogen and oxygen atoms in total. The van der Waals surface area contributed by atoms with E-state index in [1.165, 1.54) is 12.5 Å². The van der Waals surface area contributed by atoms with E-state index in [1.807, 2.05) is 31.2 Å². The van der Waals surface area contributed by atoms with Gasteiger partial charge in [-0.05, 0) is 6.92 Å². The maximum absolute atomic E-state index is 10.7. The number of ether oxygens (including phenoxy) is 3. The van der Waals surface area contributed by atoms with Gasteiger partial charge in [0, 0.05) is 12.5 Å². The van der Waals surface area contributed by atoms with Crippen molar-refractivity contribution in [1.29, 1.82) is 0 Å². The van der Waals surface area contributed by atoms with Crippen LogP contribution in [0, 0.1) is 6.92 Å². The summed E-state index contributed by atoms with van der Waals surface area (Å²) in [6.45, 7) is 4.11. The number of hydrogen-bond acceptors (Lipinski definition) is 4.